The van der Waals surface area contributed by atoms with Crippen LogP contribution in [0.3, 0.4) is 0 Å². The molecule has 0 amide bonds. The van der Waals surface area contributed by atoms with E-state index in [2.05, 4.69) is 26.1 Å². The lowest BCUT2D eigenvalue weighted by molar-refractivity contribution is -0.145. The third-order valence-electron chi connectivity index (χ3n) is 3.10. The third kappa shape index (κ3) is 4.04. The van der Waals surface area contributed by atoms with Crippen LogP contribution >= 0.6 is 0 Å². The van der Waals surface area contributed by atoms with Crippen molar-refractivity contribution in [3.63, 3.8) is 0 Å². The SMILES string of the molecule is CCNC1CC(OCCC(C)C)C1OCC. The second-order valence-corrected chi connectivity index (χ2v) is 4.91. The van der Waals surface area contributed by atoms with Gasteiger partial charge in [0, 0.05) is 19.3 Å². The second-order valence-electron chi connectivity index (χ2n) is 4.91. The van der Waals surface area contributed by atoms with Crippen molar-refractivity contribution >= 4 is 0 Å². The molecule has 0 radical (unpaired) electrons. The quantitative estimate of drug-likeness (QED) is 0.692. The van der Waals surface area contributed by atoms with Crippen LogP contribution in [-0.2, 0) is 9.47 Å². The maximum Gasteiger partial charge on any atom is 0.0990 e. The lowest BCUT2D eigenvalue weighted by Crippen LogP contribution is -2.60. The molecule has 0 bridgehead atoms. The Labute approximate surface area is 99.9 Å². The second kappa shape index (κ2) is 7.25. The zero-order valence-electron chi connectivity index (χ0n) is 11.2. The first kappa shape index (κ1) is 13.9. The van der Waals surface area contributed by atoms with Crippen molar-refractivity contribution in [2.24, 2.45) is 5.92 Å². The Morgan fingerprint density at radius 2 is 2.00 bits per heavy atom. The van der Waals surface area contributed by atoms with Crippen molar-refractivity contribution in [3.8, 4) is 0 Å². The van der Waals surface area contributed by atoms with Gasteiger partial charge in [0.05, 0.1) is 12.2 Å². The average molecular weight is 229 g/mol. The molecule has 1 saturated carbocycles. The molecular formula is C13H27NO2. The van der Waals surface area contributed by atoms with Crippen LogP contribution in [-0.4, -0.2) is 38.0 Å². The van der Waals surface area contributed by atoms with E-state index in [9.17, 15) is 0 Å². The van der Waals surface area contributed by atoms with Crippen LogP contribution in [0.15, 0.2) is 0 Å². The van der Waals surface area contributed by atoms with Gasteiger partial charge in [-0.05, 0) is 32.2 Å². The van der Waals surface area contributed by atoms with Crippen molar-refractivity contribution in [1.82, 2.24) is 5.32 Å². The van der Waals surface area contributed by atoms with Gasteiger partial charge in [0.25, 0.3) is 0 Å². The highest BCUT2D eigenvalue weighted by molar-refractivity contribution is 4.97. The third-order valence-corrected chi connectivity index (χ3v) is 3.10. The smallest absolute Gasteiger partial charge is 0.0990 e. The fourth-order valence-corrected chi connectivity index (χ4v) is 2.08. The Balaban J connectivity index is 2.21. The van der Waals surface area contributed by atoms with Gasteiger partial charge in [-0.3, -0.25) is 0 Å². The molecule has 16 heavy (non-hydrogen) atoms. The molecule has 1 aliphatic rings. The number of hydrogen-bond donors (Lipinski definition) is 1. The Bertz CT molecular complexity index is 185. The van der Waals surface area contributed by atoms with Crippen molar-refractivity contribution in [2.75, 3.05) is 19.8 Å². The summed E-state index contributed by atoms with van der Waals surface area (Å²) in [6.45, 7) is 11.3. The standard InChI is InChI=1S/C13H27NO2/c1-5-14-11-9-12(13(11)15-6-2)16-8-7-10(3)4/h10-14H,5-9H2,1-4H3. The van der Waals surface area contributed by atoms with Crippen molar-refractivity contribution in [1.29, 1.82) is 0 Å². The molecular weight excluding hydrogens is 202 g/mol. The Hall–Kier alpha value is -0.120. The number of hydrogen-bond acceptors (Lipinski definition) is 3. The van der Waals surface area contributed by atoms with E-state index in [4.69, 9.17) is 9.47 Å². The summed E-state index contributed by atoms with van der Waals surface area (Å²) in [5, 5.41) is 3.44. The number of likely N-dealkylation sites (N-methyl/N-ethyl adjacent to an activating group) is 1. The Morgan fingerprint density at radius 1 is 1.25 bits per heavy atom. The van der Waals surface area contributed by atoms with E-state index in [0.29, 0.717) is 12.1 Å². The fraction of sp³-hybridized carbons (Fsp3) is 1.00. The van der Waals surface area contributed by atoms with Gasteiger partial charge in [0.1, 0.15) is 0 Å². The zero-order valence-corrected chi connectivity index (χ0v) is 11.2. The van der Waals surface area contributed by atoms with E-state index in [1.54, 1.807) is 0 Å². The molecule has 96 valence electrons. The molecule has 1 N–H and O–H groups in total. The summed E-state index contributed by atoms with van der Waals surface area (Å²) in [5.74, 6) is 0.718. The average Bonchev–Trinajstić information content (AvgIpc) is 2.23. The van der Waals surface area contributed by atoms with Crippen LogP contribution in [0.5, 0.6) is 0 Å². The Kier molecular flexibility index (Phi) is 6.32. The van der Waals surface area contributed by atoms with Gasteiger partial charge in [0.15, 0.2) is 0 Å². The van der Waals surface area contributed by atoms with Crippen molar-refractivity contribution in [2.45, 2.75) is 58.8 Å². The van der Waals surface area contributed by atoms with Gasteiger partial charge in [0.2, 0.25) is 0 Å². The maximum absolute atomic E-state index is 5.87. The summed E-state index contributed by atoms with van der Waals surface area (Å²) in [6.07, 6.45) is 2.80. The molecule has 0 spiro atoms. The van der Waals surface area contributed by atoms with Gasteiger partial charge in [-0.2, -0.15) is 0 Å². The van der Waals surface area contributed by atoms with E-state index in [1.165, 1.54) is 0 Å². The van der Waals surface area contributed by atoms with E-state index in [-0.39, 0.29) is 6.10 Å². The maximum atomic E-state index is 5.87. The lowest BCUT2D eigenvalue weighted by atomic mass is 9.85. The monoisotopic (exact) mass is 229 g/mol. The summed E-state index contributed by atoms with van der Waals surface area (Å²) in [7, 11) is 0. The highest BCUT2D eigenvalue weighted by atomic mass is 16.5. The molecule has 1 rings (SSSR count). The first-order chi connectivity index (χ1) is 7.69. The summed E-state index contributed by atoms with van der Waals surface area (Å²) in [5.41, 5.74) is 0. The molecule has 0 aromatic rings. The van der Waals surface area contributed by atoms with Crippen LogP contribution in [0.1, 0.15) is 40.5 Å². The highest BCUT2D eigenvalue weighted by Crippen LogP contribution is 2.27. The molecule has 0 aliphatic heterocycles. The molecule has 3 atom stereocenters. The first-order valence-corrected chi connectivity index (χ1v) is 6.65. The molecule has 0 heterocycles. The van der Waals surface area contributed by atoms with Crippen LogP contribution in [0.2, 0.25) is 0 Å². The zero-order chi connectivity index (χ0) is 12.0. The first-order valence-electron chi connectivity index (χ1n) is 6.65. The van der Waals surface area contributed by atoms with E-state index >= 15 is 0 Å². The minimum absolute atomic E-state index is 0.261. The number of rotatable bonds is 8. The molecule has 3 heteroatoms. The summed E-state index contributed by atoms with van der Waals surface area (Å²) >= 11 is 0. The van der Waals surface area contributed by atoms with E-state index in [0.717, 1.165) is 38.5 Å². The van der Waals surface area contributed by atoms with Gasteiger partial charge in [-0.15, -0.1) is 0 Å². The van der Waals surface area contributed by atoms with E-state index < -0.39 is 0 Å². The van der Waals surface area contributed by atoms with Crippen LogP contribution in [0.25, 0.3) is 0 Å². The topological polar surface area (TPSA) is 30.5 Å². The van der Waals surface area contributed by atoms with Gasteiger partial charge in [-0.25, -0.2) is 0 Å². The normalized spacial score (nSPS) is 29.4. The molecule has 0 aromatic heterocycles. The van der Waals surface area contributed by atoms with Crippen molar-refractivity contribution in [3.05, 3.63) is 0 Å². The highest BCUT2D eigenvalue weighted by Gasteiger charge is 2.41. The van der Waals surface area contributed by atoms with Gasteiger partial charge in [-0.1, -0.05) is 20.8 Å². The van der Waals surface area contributed by atoms with Gasteiger partial charge >= 0.3 is 0 Å². The van der Waals surface area contributed by atoms with Crippen LogP contribution < -0.4 is 5.32 Å². The molecule has 0 saturated heterocycles. The summed E-state index contributed by atoms with van der Waals surface area (Å²) in [4.78, 5) is 0. The molecule has 3 unspecified atom stereocenters. The molecule has 1 fully saturated rings. The number of nitrogens with one attached hydrogen (secondary N) is 1. The minimum Gasteiger partial charge on any atom is -0.375 e. The fourth-order valence-electron chi connectivity index (χ4n) is 2.08. The predicted molar refractivity (Wildman–Crippen MR) is 66.7 cm³/mol. The summed E-state index contributed by atoms with van der Waals surface area (Å²) in [6, 6.07) is 0.494. The molecule has 3 nitrogen and oxygen atoms in total. The van der Waals surface area contributed by atoms with Crippen molar-refractivity contribution < 1.29 is 9.47 Å². The minimum atomic E-state index is 0.261. The lowest BCUT2D eigenvalue weighted by Gasteiger charge is -2.44. The Morgan fingerprint density at radius 3 is 2.56 bits per heavy atom. The predicted octanol–water partition coefficient (Wildman–Crippen LogP) is 2.20. The molecule has 0 aromatic carbocycles. The largest absolute Gasteiger partial charge is 0.375 e. The van der Waals surface area contributed by atoms with Crippen LogP contribution in [0, 0.1) is 5.92 Å². The summed E-state index contributed by atoms with van der Waals surface area (Å²) < 4.78 is 11.6. The van der Waals surface area contributed by atoms with E-state index in [1.807, 2.05) is 6.92 Å². The number of ether oxygens (including phenoxy) is 2. The molecule has 1 aliphatic carbocycles. The van der Waals surface area contributed by atoms with Gasteiger partial charge < -0.3 is 14.8 Å². The van der Waals surface area contributed by atoms with Crippen LogP contribution in [0.4, 0.5) is 0 Å².